The third-order valence-electron chi connectivity index (χ3n) is 5.30. The highest BCUT2D eigenvalue weighted by Gasteiger charge is 2.39. The maximum atomic E-state index is 12.8. The number of alkyl halides is 1. The van der Waals surface area contributed by atoms with Crippen molar-refractivity contribution in [3.05, 3.63) is 34.9 Å². The fraction of sp³-hybridized carbons (Fsp3) is 0.429. The van der Waals surface area contributed by atoms with E-state index >= 15 is 0 Å². The Bertz CT molecular complexity index is 949. The third-order valence-corrected chi connectivity index (χ3v) is 6.02. The fourth-order valence-corrected chi connectivity index (χ4v) is 4.42. The Hall–Kier alpha value is -2.41. The average molecular weight is 504 g/mol. The number of carbonyl (C=O) groups is 3. The van der Waals surface area contributed by atoms with Crippen LogP contribution in [0, 0.1) is 11.8 Å². The maximum Gasteiger partial charge on any atom is 0.255 e. The quantitative estimate of drug-likeness (QED) is 0.223. The largest absolute Gasteiger partial charge is 0.322 e. The van der Waals surface area contributed by atoms with Gasteiger partial charge in [-0.25, -0.2) is 0 Å². The highest BCUT2D eigenvalue weighted by molar-refractivity contribution is 14.1. The predicted molar refractivity (Wildman–Crippen MR) is 116 cm³/mol. The molecule has 1 N–H and O–H groups in total. The van der Waals surface area contributed by atoms with Crippen LogP contribution in [0.1, 0.15) is 47.2 Å². The van der Waals surface area contributed by atoms with Crippen molar-refractivity contribution < 1.29 is 14.4 Å². The first-order valence-electron chi connectivity index (χ1n) is 9.71. The van der Waals surface area contributed by atoms with Crippen LogP contribution in [-0.4, -0.2) is 56.9 Å². The van der Waals surface area contributed by atoms with Crippen molar-refractivity contribution in [1.82, 2.24) is 15.2 Å². The van der Waals surface area contributed by atoms with Crippen LogP contribution in [0.25, 0.3) is 0 Å². The SMILES string of the molecule is O=C1CCC(N2Cc3c(C#CCCCN4CC(I)C=N4)cccc3C2=O)C(=O)N1. The molecule has 3 aliphatic rings. The highest BCUT2D eigenvalue weighted by atomic mass is 127. The minimum absolute atomic E-state index is 0.168. The molecule has 1 fully saturated rings. The molecular weight excluding hydrogens is 483 g/mol. The number of hydrazone groups is 1. The van der Waals surface area contributed by atoms with Gasteiger partial charge in [-0.1, -0.05) is 40.5 Å². The molecule has 7 nitrogen and oxygen atoms in total. The third kappa shape index (κ3) is 4.29. The molecule has 3 heterocycles. The van der Waals surface area contributed by atoms with Crippen LogP contribution in [0.5, 0.6) is 0 Å². The lowest BCUT2D eigenvalue weighted by Crippen LogP contribution is -2.52. The number of piperidine rings is 1. The summed E-state index contributed by atoms with van der Waals surface area (Å²) in [4.78, 5) is 38.0. The van der Waals surface area contributed by atoms with Gasteiger partial charge in [-0.2, -0.15) is 5.10 Å². The first-order chi connectivity index (χ1) is 14.0. The lowest BCUT2D eigenvalue weighted by molar-refractivity contribution is -0.136. The van der Waals surface area contributed by atoms with Gasteiger partial charge in [-0.3, -0.25) is 24.7 Å². The van der Waals surface area contributed by atoms with Gasteiger partial charge in [0.05, 0.1) is 10.5 Å². The minimum atomic E-state index is -0.601. The minimum Gasteiger partial charge on any atom is -0.322 e. The Morgan fingerprint density at radius 1 is 1.28 bits per heavy atom. The van der Waals surface area contributed by atoms with Crippen LogP contribution in [0.15, 0.2) is 23.3 Å². The number of amides is 3. The van der Waals surface area contributed by atoms with Gasteiger partial charge >= 0.3 is 0 Å². The van der Waals surface area contributed by atoms with Crippen molar-refractivity contribution >= 4 is 46.5 Å². The first-order valence-corrected chi connectivity index (χ1v) is 11.0. The van der Waals surface area contributed by atoms with Crippen molar-refractivity contribution in [2.75, 3.05) is 13.1 Å². The van der Waals surface area contributed by atoms with Gasteiger partial charge < -0.3 is 4.90 Å². The smallest absolute Gasteiger partial charge is 0.255 e. The number of carbonyl (C=O) groups excluding carboxylic acids is 3. The standard InChI is InChI=1S/C21H21IN4O3/c22-15-11-23-25(12-15)10-3-1-2-5-14-6-4-7-16-17(14)13-26(21(16)29)18-8-9-19(27)24-20(18)28/h4,6-7,11,15,18H,1,3,8-10,12-13H2,(H,24,27,28). The van der Waals surface area contributed by atoms with Crippen LogP contribution in [-0.2, 0) is 16.1 Å². The Morgan fingerprint density at radius 3 is 2.90 bits per heavy atom. The van der Waals surface area contributed by atoms with E-state index in [0.717, 1.165) is 37.1 Å². The van der Waals surface area contributed by atoms with E-state index in [4.69, 9.17) is 0 Å². The van der Waals surface area contributed by atoms with Gasteiger partial charge in [0.1, 0.15) is 6.04 Å². The number of rotatable bonds is 4. The van der Waals surface area contributed by atoms with Crippen LogP contribution in [0.4, 0.5) is 0 Å². The summed E-state index contributed by atoms with van der Waals surface area (Å²) in [5, 5.41) is 8.74. The van der Waals surface area contributed by atoms with Crippen LogP contribution < -0.4 is 5.32 Å². The van der Waals surface area contributed by atoms with E-state index < -0.39 is 11.9 Å². The number of fused-ring (bicyclic) bond motifs is 1. The number of nitrogens with zero attached hydrogens (tertiary/aromatic N) is 3. The molecule has 0 bridgehead atoms. The summed E-state index contributed by atoms with van der Waals surface area (Å²) >= 11 is 2.37. The zero-order valence-corrected chi connectivity index (χ0v) is 18.0. The summed E-state index contributed by atoms with van der Waals surface area (Å²) in [6.07, 6.45) is 4.27. The zero-order chi connectivity index (χ0) is 20.4. The van der Waals surface area contributed by atoms with E-state index in [-0.39, 0.29) is 18.2 Å². The van der Waals surface area contributed by atoms with E-state index in [2.05, 4.69) is 49.9 Å². The van der Waals surface area contributed by atoms with Gasteiger partial charge in [-0.15, -0.1) is 0 Å². The van der Waals surface area contributed by atoms with Crippen LogP contribution >= 0.6 is 22.6 Å². The molecular formula is C21H21IN4O3. The lowest BCUT2D eigenvalue weighted by Gasteiger charge is -2.29. The number of imide groups is 1. The van der Waals surface area contributed by atoms with Gasteiger partial charge in [0.25, 0.3) is 5.91 Å². The second kappa shape index (κ2) is 8.53. The number of hydrogen-bond donors (Lipinski definition) is 1. The molecule has 3 amide bonds. The van der Waals surface area contributed by atoms with Crippen molar-refractivity contribution in [2.24, 2.45) is 5.10 Å². The first kappa shape index (κ1) is 19.9. The highest BCUT2D eigenvalue weighted by Crippen LogP contribution is 2.29. The molecule has 0 spiro atoms. The van der Waals surface area contributed by atoms with E-state index in [1.54, 1.807) is 11.0 Å². The number of unbranched alkanes of at least 4 members (excludes halogenated alkanes) is 1. The molecule has 2 atom stereocenters. The van der Waals surface area contributed by atoms with E-state index in [0.29, 0.717) is 22.5 Å². The van der Waals surface area contributed by atoms with Crippen molar-refractivity contribution in [3.63, 3.8) is 0 Å². The number of nitrogens with one attached hydrogen (secondary N) is 1. The molecule has 1 aromatic carbocycles. The summed E-state index contributed by atoms with van der Waals surface area (Å²) in [7, 11) is 0. The monoisotopic (exact) mass is 504 g/mol. The predicted octanol–water partition coefficient (Wildman–Crippen LogP) is 1.68. The van der Waals surface area contributed by atoms with E-state index in [1.165, 1.54) is 0 Å². The Labute approximate surface area is 183 Å². The van der Waals surface area contributed by atoms with Crippen molar-refractivity contribution in [2.45, 2.75) is 42.2 Å². The molecule has 0 radical (unpaired) electrons. The molecule has 8 heteroatoms. The van der Waals surface area contributed by atoms with Crippen molar-refractivity contribution in [3.8, 4) is 11.8 Å². The second-order valence-electron chi connectivity index (χ2n) is 7.33. The van der Waals surface area contributed by atoms with Gasteiger partial charge in [0.15, 0.2) is 0 Å². The molecule has 1 saturated heterocycles. The normalized spacial score (nSPS) is 23.1. The summed E-state index contributed by atoms with van der Waals surface area (Å²) in [5.41, 5.74) is 2.30. The molecule has 150 valence electrons. The fourth-order valence-electron chi connectivity index (χ4n) is 3.82. The number of benzene rings is 1. The van der Waals surface area contributed by atoms with E-state index in [9.17, 15) is 14.4 Å². The van der Waals surface area contributed by atoms with Crippen molar-refractivity contribution in [1.29, 1.82) is 0 Å². The van der Waals surface area contributed by atoms with E-state index in [1.807, 2.05) is 18.3 Å². The zero-order valence-electron chi connectivity index (χ0n) is 15.9. The molecule has 29 heavy (non-hydrogen) atoms. The summed E-state index contributed by atoms with van der Waals surface area (Å²) in [6.45, 7) is 2.20. The average Bonchev–Trinajstić information content (AvgIpc) is 3.25. The summed E-state index contributed by atoms with van der Waals surface area (Å²) in [6, 6.07) is 4.92. The van der Waals surface area contributed by atoms with Gasteiger partial charge in [-0.05, 0) is 30.5 Å². The lowest BCUT2D eigenvalue weighted by atomic mass is 10.0. The Kier molecular flexibility index (Phi) is 5.85. The van der Waals surface area contributed by atoms with Gasteiger partial charge in [0, 0.05) is 43.3 Å². The number of hydrogen-bond acceptors (Lipinski definition) is 5. The number of halogens is 1. The summed E-state index contributed by atoms with van der Waals surface area (Å²) < 4.78 is 0.482. The molecule has 0 saturated carbocycles. The van der Waals surface area contributed by atoms with Crippen LogP contribution in [0.2, 0.25) is 0 Å². The molecule has 3 aliphatic heterocycles. The second-order valence-corrected chi connectivity index (χ2v) is 8.93. The van der Waals surface area contributed by atoms with Gasteiger partial charge in [0.2, 0.25) is 11.8 Å². The summed E-state index contributed by atoms with van der Waals surface area (Å²) in [5.74, 6) is 5.56. The topological polar surface area (TPSA) is 82.1 Å². The molecule has 1 aromatic rings. The van der Waals surface area contributed by atoms with Crippen LogP contribution in [0.3, 0.4) is 0 Å². The molecule has 0 aromatic heterocycles. The molecule has 2 unspecified atom stereocenters. The maximum absolute atomic E-state index is 12.8. The Balaban J connectivity index is 1.40. The molecule has 4 rings (SSSR count). The molecule has 0 aliphatic carbocycles. The Morgan fingerprint density at radius 2 is 2.14 bits per heavy atom.